The summed E-state index contributed by atoms with van der Waals surface area (Å²) < 4.78 is 26.9. The molecule has 1 aromatic heterocycles. The molecule has 1 amide bonds. The summed E-state index contributed by atoms with van der Waals surface area (Å²) in [6.45, 7) is 2.26. The summed E-state index contributed by atoms with van der Waals surface area (Å²) in [4.78, 5) is 25.7. The third-order valence-electron chi connectivity index (χ3n) is 7.07. The minimum Gasteiger partial charge on any atom is -0.399 e. The van der Waals surface area contributed by atoms with Gasteiger partial charge in [0.05, 0.1) is 11.3 Å². The van der Waals surface area contributed by atoms with Crippen molar-refractivity contribution in [1.29, 1.82) is 0 Å². The molecule has 1 aliphatic carbocycles. The van der Waals surface area contributed by atoms with E-state index < -0.39 is 5.92 Å². The van der Waals surface area contributed by atoms with Gasteiger partial charge in [-0.25, -0.2) is 13.8 Å². The molecule has 5 rings (SSSR count). The Morgan fingerprint density at radius 3 is 2.34 bits per heavy atom. The van der Waals surface area contributed by atoms with Crippen LogP contribution < -0.4 is 20.9 Å². The summed E-state index contributed by atoms with van der Waals surface area (Å²) in [6.07, 6.45) is 6.04. The van der Waals surface area contributed by atoms with Gasteiger partial charge in [0.25, 0.3) is 11.8 Å². The number of alkyl halides is 2. The van der Waals surface area contributed by atoms with E-state index >= 15 is 0 Å². The number of amides is 1. The number of rotatable bonds is 4. The van der Waals surface area contributed by atoms with Crippen LogP contribution in [0.2, 0.25) is 0 Å². The molecular formula is C23H28F2N6O. The molecule has 1 aromatic carbocycles. The lowest BCUT2D eigenvalue weighted by atomic mass is 9.93. The molecular weight excluding hydrogens is 414 g/mol. The van der Waals surface area contributed by atoms with Gasteiger partial charge in [0.1, 0.15) is 5.82 Å². The summed E-state index contributed by atoms with van der Waals surface area (Å²) >= 11 is 0. The van der Waals surface area contributed by atoms with Crippen LogP contribution in [0.4, 0.5) is 31.9 Å². The first-order valence-electron chi connectivity index (χ1n) is 11.2. The Morgan fingerprint density at radius 1 is 0.969 bits per heavy atom. The van der Waals surface area contributed by atoms with Crippen LogP contribution in [-0.2, 0) is 0 Å². The highest BCUT2D eigenvalue weighted by molar-refractivity contribution is 6.07. The molecule has 2 aliphatic heterocycles. The van der Waals surface area contributed by atoms with E-state index in [-0.39, 0.29) is 37.8 Å². The molecule has 170 valence electrons. The molecule has 0 radical (unpaired) electrons. The van der Waals surface area contributed by atoms with Gasteiger partial charge in [-0.3, -0.25) is 10.1 Å². The zero-order valence-electron chi connectivity index (χ0n) is 18.0. The van der Waals surface area contributed by atoms with Gasteiger partial charge in [-0.15, -0.1) is 0 Å². The molecule has 0 unspecified atom stereocenters. The minimum atomic E-state index is -2.63. The number of piperidine rings is 2. The van der Waals surface area contributed by atoms with E-state index in [1.54, 1.807) is 23.1 Å². The SMILES string of the molecule is Nc1ccc(C(=O)Nc2nccc(N3CCC(F)(F)CC3)n2)c(N2CCC3(CC2)CC3)c1. The lowest BCUT2D eigenvalue weighted by Crippen LogP contribution is -2.39. The number of aromatic nitrogens is 2. The molecule has 1 spiro atoms. The third-order valence-corrected chi connectivity index (χ3v) is 7.07. The van der Waals surface area contributed by atoms with Gasteiger partial charge in [0.2, 0.25) is 5.95 Å². The molecule has 3 heterocycles. The van der Waals surface area contributed by atoms with Crippen LogP contribution in [0.5, 0.6) is 0 Å². The number of anilines is 4. The number of carbonyl (C=O) groups is 1. The smallest absolute Gasteiger partial charge is 0.260 e. The molecule has 3 N–H and O–H groups in total. The van der Waals surface area contributed by atoms with E-state index in [2.05, 4.69) is 20.2 Å². The number of nitrogens with zero attached hydrogens (tertiary/aromatic N) is 4. The fourth-order valence-corrected chi connectivity index (χ4v) is 4.72. The van der Waals surface area contributed by atoms with E-state index in [0.29, 0.717) is 22.5 Å². The van der Waals surface area contributed by atoms with E-state index in [4.69, 9.17) is 5.73 Å². The highest BCUT2D eigenvalue weighted by atomic mass is 19.3. The van der Waals surface area contributed by atoms with Crippen LogP contribution in [0.1, 0.15) is 48.9 Å². The van der Waals surface area contributed by atoms with Crippen LogP contribution in [0, 0.1) is 5.41 Å². The molecule has 32 heavy (non-hydrogen) atoms. The topological polar surface area (TPSA) is 87.4 Å². The van der Waals surface area contributed by atoms with Gasteiger partial charge >= 0.3 is 0 Å². The van der Waals surface area contributed by atoms with Crippen molar-refractivity contribution in [2.45, 2.75) is 44.4 Å². The van der Waals surface area contributed by atoms with Gasteiger partial charge in [0.15, 0.2) is 0 Å². The number of hydrogen-bond acceptors (Lipinski definition) is 6. The Bertz CT molecular complexity index is 1010. The Kier molecular flexibility index (Phi) is 5.14. The van der Waals surface area contributed by atoms with Crippen LogP contribution in [0.3, 0.4) is 0 Å². The second kappa shape index (κ2) is 7.86. The maximum atomic E-state index is 13.5. The predicted octanol–water partition coefficient (Wildman–Crippen LogP) is 3.93. The average molecular weight is 443 g/mol. The molecule has 3 fully saturated rings. The number of halogens is 2. The van der Waals surface area contributed by atoms with Gasteiger partial charge in [-0.1, -0.05) is 0 Å². The van der Waals surface area contributed by atoms with Gasteiger partial charge in [-0.05, 0) is 55.4 Å². The van der Waals surface area contributed by atoms with Crippen LogP contribution >= 0.6 is 0 Å². The summed E-state index contributed by atoms with van der Waals surface area (Å²) in [7, 11) is 0. The van der Waals surface area contributed by atoms with Crippen LogP contribution in [0.15, 0.2) is 30.5 Å². The molecule has 9 heteroatoms. The van der Waals surface area contributed by atoms with Gasteiger partial charge in [0, 0.05) is 50.9 Å². The largest absolute Gasteiger partial charge is 0.399 e. The number of nitrogen functional groups attached to an aromatic ring is 1. The van der Waals surface area contributed by atoms with Gasteiger partial charge < -0.3 is 15.5 Å². The lowest BCUT2D eigenvalue weighted by Gasteiger charge is -2.35. The standard InChI is InChI=1S/C23H28F2N6O/c24-23(25)8-13-31(14-9-23)19-3-10-27-21(28-19)29-20(32)17-2-1-16(26)15-18(17)30-11-6-22(4-5-22)7-12-30/h1-3,10,15H,4-9,11-14,26H2,(H,27,28,29,32). The summed E-state index contributed by atoms with van der Waals surface area (Å²) in [6, 6.07) is 6.98. The Morgan fingerprint density at radius 2 is 1.66 bits per heavy atom. The fourth-order valence-electron chi connectivity index (χ4n) is 4.72. The fraction of sp³-hybridized carbons (Fsp3) is 0.522. The van der Waals surface area contributed by atoms with E-state index in [9.17, 15) is 13.6 Å². The average Bonchev–Trinajstić information content (AvgIpc) is 3.53. The van der Waals surface area contributed by atoms with Crippen molar-refractivity contribution < 1.29 is 13.6 Å². The van der Waals surface area contributed by atoms with Crippen LogP contribution in [0.25, 0.3) is 0 Å². The Labute approximate surface area is 186 Å². The maximum absolute atomic E-state index is 13.5. The molecule has 0 bridgehead atoms. The van der Waals surface area contributed by atoms with Crippen molar-refractivity contribution in [2.75, 3.05) is 47.0 Å². The minimum absolute atomic E-state index is 0.156. The highest BCUT2D eigenvalue weighted by Crippen LogP contribution is 2.54. The number of nitrogens with two attached hydrogens (primary N) is 1. The number of benzene rings is 1. The van der Waals surface area contributed by atoms with E-state index in [0.717, 1.165) is 31.6 Å². The molecule has 2 saturated heterocycles. The Hall–Kier alpha value is -2.97. The third kappa shape index (κ3) is 4.33. The lowest BCUT2D eigenvalue weighted by molar-refractivity contribution is -0.0221. The van der Waals surface area contributed by atoms with Gasteiger partial charge in [-0.2, -0.15) is 4.98 Å². The summed E-state index contributed by atoms with van der Waals surface area (Å²) in [5.41, 5.74) is 8.53. The predicted molar refractivity (Wildman–Crippen MR) is 120 cm³/mol. The van der Waals surface area contributed by atoms with Crippen molar-refractivity contribution in [1.82, 2.24) is 9.97 Å². The second-order valence-corrected chi connectivity index (χ2v) is 9.30. The highest BCUT2D eigenvalue weighted by Gasteiger charge is 2.44. The van der Waals surface area contributed by atoms with E-state index in [1.807, 2.05) is 6.07 Å². The number of hydrogen-bond donors (Lipinski definition) is 2. The maximum Gasteiger partial charge on any atom is 0.260 e. The zero-order valence-corrected chi connectivity index (χ0v) is 18.0. The monoisotopic (exact) mass is 442 g/mol. The van der Waals surface area contributed by atoms with Crippen molar-refractivity contribution in [3.8, 4) is 0 Å². The molecule has 3 aliphatic rings. The summed E-state index contributed by atoms with van der Waals surface area (Å²) in [5, 5.41) is 2.78. The first kappa shape index (κ1) is 20.9. The molecule has 2 aromatic rings. The first-order valence-corrected chi connectivity index (χ1v) is 11.2. The molecule has 0 atom stereocenters. The van der Waals surface area contributed by atoms with Crippen molar-refractivity contribution in [2.24, 2.45) is 5.41 Å². The summed E-state index contributed by atoms with van der Waals surface area (Å²) in [5.74, 6) is -2.24. The Balaban J connectivity index is 1.31. The normalized spacial score (nSPS) is 21.4. The quantitative estimate of drug-likeness (QED) is 0.698. The second-order valence-electron chi connectivity index (χ2n) is 9.30. The van der Waals surface area contributed by atoms with Crippen molar-refractivity contribution >= 4 is 29.0 Å². The zero-order chi connectivity index (χ0) is 22.3. The molecule has 1 saturated carbocycles. The van der Waals surface area contributed by atoms with Crippen LogP contribution in [-0.4, -0.2) is 48.0 Å². The first-order chi connectivity index (χ1) is 15.3. The number of nitrogens with one attached hydrogen (secondary N) is 1. The van der Waals surface area contributed by atoms with Crippen molar-refractivity contribution in [3.05, 3.63) is 36.0 Å². The van der Waals surface area contributed by atoms with Crippen molar-refractivity contribution in [3.63, 3.8) is 0 Å². The van der Waals surface area contributed by atoms with E-state index in [1.165, 1.54) is 19.0 Å². The number of carbonyl (C=O) groups excluding carboxylic acids is 1. The molecule has 7 nitrogen and oxygen atoms in total.